The average Bonchev–Trinajstić information content (AvgIpc) is 2.78. The molecule has 1 aromatic rings. The van der Waals surface area contributed by atoms with Gasteiger partial charge in [-0.15, -0.1) is 0 Å². The van der Waals surface area contributed by atoms with Crippen LogP contribution in [0.15, 0.2) is 18.2 Å². The summed E-state index contributed by atoms with van der Waals surface area (Å²) < 4.78 is 5.30. The molecule has 0 spiro atoms. The van der Waals surface area contributed by atoms with Gasteiger partial charge < -0.3 is 9.64 Å². The highest BCUT2D eigenvalue weighted by Gasteiger charge is 2.46. The normalized spacial score (nSPS) is 23.9. The Morgan fingerprint density at radius 3 is 2.52 bits per heavy atom. The van der Waals surface area contributed by atoms with Crippen molar-refractivity contribution >= 4 is 40.7 Å². The maximum Gasteiger partial charge on any atom is 0.292 e. The SMILES string of the molecule is O=C1C[C@@H]([NH+]2CCOCC2)C(=O)N1c1ccc(Cl)c(Cl)c1. The predicted molar refractivity (Wildman–Crippen MR) is 78.9 cm³/mol. The number of carbonyl (C=O) groups is 2. The summed E-state index contributed by atoms with van der Waals surface area (Å²) in [5, 5.41) is 0.729. The fourth-order valence-electron chi connectivity index (χ4n) is 2.83. The van der Waals surface area contributed by atoms with Crippen molar-refractivity contribution in [1.82, 2.24) is 0 Å². The van der Waals surface area contributed by atoms with Crippen LogP contribution < -0.4 is 9.80 Å². The molecule has 112 valence electrons. The Labute approximate surface area is 132 Å². The molecule has 0 unspecified atom stereocenters. The first-order valence-corrected chi connectivity index (χ1v) is 7.57. The van der Waals surface area contributed by atoms with Crippen LogP contribution in [-0.2, 0) is 14.3 Å². The minimum atomic E-state index is -0.323. The number of nitrogens with one attached hydrogen (secondary N) is 1. The summed E-state index contributed by atoms with van der Waals surface area (Å²) in [6.45, 7) is 2.75. The lowest BCUT2D eigenvalue weighted by atomic mass is 10.2. The Kier molecular flexibility index (Phi) is 4.17. The van der Waals surface area contributed by atoms with Crippen molar-refractivity contribution in [2.45, 2.75) is 12.5 Å². The third kappa shape index (κ3) is 2.79. The number of hydrogen-bond donors (Lipinski definition) is 1. The van der Waals surface area contributed by atoms with Gasteiger partial charge in [0.15, 0.2) is 6.04 Å². The molecule has 1 aromatic carbocycles. The van der Waals surface area contributed by atoms with Crippen molar-refractivity contribution in [3.63, 3.8) is 0 Å². The summed E-state index contributed by atoms with van der Waals surface area (Å²) in [6, 6.07) is 4.46. The molecule has 1 N–H and O–H groups in total. The second-order valence-electron chi connectivity index (χ2n) is 5.19. The molecule has 2 saturated heterocycles. The van der Waals surface area contributed by atoms with Crippen LogP contribution in [0.5, 0.6) is 0 Å². The monoisotopic (exact) mass is 329 g/mol. The van der Waals surface area contributed by atoms with E-state index in [4.69, 9.17) is 27.9 Å². The first kappa shape index (κ1) is 14.8. The Morgan fingerprint density at radius 2 is 1.86 bits per heavy atom. The zero-order valence-electron chi connectivity index (χ0n) is 11.3. The van der Waals surface area contributed by atoms with E-state index >= 15 is 0 Å². The van der Waals surface area contributed by atoms with Gasteiger partial charge in [-0.2, -0.15) is 0 Å². The largest absolute Gasteiger partial charge is 0.370 e. The van der Waals surface area contributed by atoms with Crippen LogP contribution in [-0.4, -0.2) is 44.2 Å². The lowest BCUT2D eigenvalue weighted by Crippen LogP contribution is -3.18. The van der Waals surface area contributed by atoms with Crippen molar-refractivity contribution in [3.8, 4) is 0 Å². The topological polar surface area (TPSA) is 51.1 Å². The van der Waals surface area contributed by atoms with Crippen molar-refractivity contribution < 1.29 is 19.2 Å². The fraction of sp³-hybridized carbons (Fsp3) is 0.429. The second-order valence-corrected chi connectivity index (χ2v) is 6.01. The van der Waals surface area contributed by atoms with Crippen molar-refractivity contribution in [3.05, 3.63) is 28.2 Å². The van der Waals surface area contributed by atoms with Gasteiger partial charge in [-0.25, -0.2) is 4.90 Å². The van der Waals surface area contributed by atoms with Gasteiger partial charge in [0.25, 0.3) is 5.91 Å². The van der Waals surface area contributed by atoms with Gasteiger partial charge in [0, 0.05) is 0 Å². The summed E-state index contributed by atoms with van der Waals surface area (Å²) in [5.41, 5.74) is 0.481. The van der Waals surface area contributed by atoms with Crippen molar-refractivity contribution in [2.75, 3.05) is 31.2 Å². The molecule has 0 aromatic heterocycles. The van der Waals surface area contributed by atoms with E-state index < -0.39 is 0 Å². The van der Waals surface area contributed by atoms with Gasteiger partial charge in [0.1, 0.15) is 13.1 Å². The highest BCUT2D eigenvalue weighted by Crippen LogP contribution is 2.29. The second kappa shape index (κ2) is 5.93. The first-order chi connectivity index (χ1) is 10.1. The van der Waals surface area contributed by atoms with Crippen LogP contribution in [0.4, 0.5) is 5.69 Å². The third-order valence-electron chi connectivity index (χ3n) is 3.94. The Balaban J connectivity index is 1.84. The molecule has 7 heteroatoms. The number of carbonyl (C=O) groups excluding carboxylic acids is 2. The fourth-order valence-corrected chi connectivity index (χ4v) is 3.12. The van der Waals surface area contributed by atoms with Crippen LogP contribution in [0, 0.1) is 0 Å². The number of halogens is 2. The molecule has 21 heavy (non-hydrogen) atoms. The molecule has 2 aliphatic rings. The Bertz CT molecular complexity index is 588. The molecule has 2 amide bonds. The zero-order valence-corrected chi connectivity index (χ0v) is 12.8. The Hall–Kier alpha value is -1.14. The third-order valence-corrected chi connectivity index (χ3v) is 4.67. The van der Waals surface area contributed by atoms with Crippen LogP contribution >= 0.6 is 23.2 Å². The maximum absolute atomic E-state index is 12.6. The standard InChI is InChI=1S/C14H14Cl2N2O3/c15-10-2-1-9(7-11(10)16)18-13(19)8-12(14(18)20)17-3-5-21-6-4-17/h1-2,7,12H,3-6,8H2/p+1/t12-/m1/s1. The number of anilines is 1. The average molecular weight is 330 g/mol. The number of rotatable bonds is 2. The van der Waals surface area contributed by atoms with Crippen LogP contribution in [0.25, 0.3) is 0 Å². The zero-order chi connectivity index (χ0) is 15.0. The summed E-state index contributed by atoms with van der Waals surface area (Å²) >= 11 is 11.8. The molecule has 2 heterocycles. The molecule has 3 rings (SSSR count). The predicted octanol–water partition coefficient (Wildman–Crippen LogP) is 0.540. The summed E-state index contributed by atoms with van der Waals surface area (Å²) in [4.78, 5) is 27.1. The lowest BCUT2D eigenvalue weighted by molar-refractivity contribution is -0.922. The summed E-state index contributed by atoms with van der Waals surface area (Å²) in [6.07, 6.45) is 0.231. The van der Waals surface area contributed by atoms with Gasteiger partial charge in [-0.05, 0) is 18.2 Å². The summed E-state index contributed by atoms with van der Waals surface area (Å²) in [5.74, 6) is -0.363. The number of imide groups is 1. The van der Waals surface area contributed by atoms with Gasteiger partial charge in [-0.3, -0.25) is 9.59 Å². The molecule has 0 bridgehead atoms. The van der Waals surface area contributed by atoms with E-state index in [1.807, 2.05) is 0 Å². The van der Waals surface area contributed by atoms with E-state index in [1.165, 1.54) is 4.90 Å². The number of ether oxygens (including phenoxy) is 1. The molecule has 1 atom stereocenters. The van der Waals surface area contributed by atoms with Crippen molar-refractivity contribution in [1.29, 1.82) is 0 Å². The van der Waals surface area contributed by atoms with Gasteiger partial charge >= 0.3 is 0 Å². The smallest absolute Gasteiger partial charge is 0.292 e. The summed E-state index contributed by atoms with van der Waals surface area (Å²) in [7, 11) is 0. The van der Waals surface area contributed by atoms with E-state index in [9.17, 15) is 9.59 Å². The molecule has 0 aliphatic carbocycles. The molecule has 0 saturated carbocycles. The van der Waals surface area contributed by atoms with Crippen LogP contribution in [0.2, 0.25) is 10.0 Å². The van der Waals surface area contributed by atoms with E-state index in [0.717, 1.165) is 18.0 Å². The van der Waals surface area contributed by atoms with Crippen LogP contribution in [0.3, 0.4) is 0 Å². The molecule has 5 nitrogen and oxygen atoms in total. The number of morpholine rings is 1. The minimum Gasteiger partial charge on any atom is -0.370 e. The molecule has 2 fully saturated rings. The van der Waals surface area contributed by atoms with E-state index in [0.29, 0.717) is 28.9 Å². The Morgan fingerprint density at radius 1 is 1.14 bits per heavy atom. The maximum atomic E-state index is 12.6. The quantitative estimate of drug-likeness (QED) is 0.806. The molecule has 0 radical (unpaired) electrons. The highest BCUT2D eigenvalue weighted by atomic mass is 35.5. The lowest BCUT2D eigenvalue weighted by Gasteiger charge is -2.27. The van der Waals surface area contributed by atoms with Gasteiger partial charge in [-0.1, -0.05) is 23.2 Å². The van der Waals surface area contributed by atoms with Gasteiger partial charge in [0.2, 0.25) is 5.91 Å². The first-order valence-electron chi connectivity index (χ1n) is 6.82. The number of nitrogens with zero attached hydrogens (tertiary/aromatic N) is 1. The minimum absolute atomic E-state index is 0.171. The number of amides is 2. The van der Waals surface area contributed by atoms with Crippen LogP contribution in [0.1, 0.15) is 6.42 Å². The van der Waals surface area contributed by atoms with Gasteiger partial charge in [0.05, 0.1) is 35.4 Å². The molecular weight excluding hydrogens is 315 g/mol. The number of quaternary nitrogens is 1. The van der Waals surface area contributed by atoms with E-state index in [-0.39, 0.29) is 24.3 Å². The highest BCUT2D eigenvalue weighted by molar-refractivity contribution is 6.42. The number of hydrogen-bond acceptors (Lipinski definition) is 3. The van der Waals surface area contributed by atoms with E-state index in [1.54, 1.807) is 18.2 Å². The van der Waals surface area contributed by atoms with E-state index in [2.05, 4.69) is 0 Å². The number of benzene rings is 1. The molecule has 2 aliphatic heterocycles. The molecular formula is C14H15Cl2N2O3+. The van der Waals surface area contributed by atoms with Crippen molar-refractivity contribution in [2.24, 2.45) is 0 Å².